The fraction of sp³-hybridized carbons (Fsp3) is 0.231. The van der Waals surface area contributed by atoms with Crippen LogP contribution in [0.25, 0.3) is 0 Å². The van der Waals surface area contributed by atoms with Crippen molar-refractivity contribution in [2.75, 3.05) is 5.73 Å². The van der Waals surface area contributed by atoms with Crippen molar-refractivity contribution >= 4 is 21.7 Å². The molecule has 2 N–H and O–H groups in total. The summed E-state index contributed by atoms with van der Waals surface area (Å²) in [7, 11) is 0. The molecule has 94 valence electrons. The Morgan fingerprint density at radius 1 is 1.11 bits per heavy atom. The number of nitrogens with zero attached hydrogens (tertiary/aromatic N) is 2. The van der Waals surface area contributed by atoms with E-state index in [1.807, 2.05) is 26.8 Å². The average Bonchev–Trinajstić information content (AvgIpc) is 2.35. The van der Waals surface area contributed by atoms with E-state index in [1.165, 1.54) is 11.9 Å². The molecule has 1 aromatic carbocycles. The lowest BCUT2D eigenvalue weighted by Crippen LogP contribution is -1.99. The van der Waals surface area contributed by atoms with Gasteiger partial charge in [0.15, 0.2) is 0 Å². The monoisotopic (exact) mass is 307 g/mol. The van der Waals surface area contributed by atoms with Crippen LogP contribution in [0, 0.1) is 20.8 Å². The van der Waals surface area contributed by atoms with Crippen LogP contribution >= 0.6 is 15.9 Å². The lowest BCUT2D eigenvalue weighted by Gasteiger charge is -2.13. The molecule has 0 amide bonds. The van der Waals surface area contributed by atoms with E-state index in [-0.39, 0.29) is 0 Å². The normalized spacial score (nSPS) is 10.4. The predicted octanol–water partition coefficient (Wildman–Crippen LogP) is 3.54. The van der Waals surface area contributed by atoms with Crippen molar-refractivity contribution in [1.29, 1.82) is 0 Å². The van der Waals surface area contributed by atoms with E-state index in [4.69, 9.17) is 10.5 Å². The average molecular weight is 308 g/mol. The van der Waals surface area contributed by atoms with Gasteiger partial charge in [0.1, 0.15) is 22.4 Å². The Bertz CT molecular complexity index is 599. The molecule has 0 saturated heterocycles. The second-order valence-electron chi connectivity index (χ2n) is 4.13. The molecule has 2 rings (SSSR count). The molecule has 4 nitrogen and oxygen atoms in total. The maximum Gasteiger partial charge on any atom is 0.238 e. The molecule has 0 atom stereocenters. The van der Waals surface area contributed by atoms with Gasteiger partial charge in [-0.05, 0) is 53.4 Å². The summed E-state index contributed by atoms with van der Waals surface area (Å²) in [4.78, 5) is 7.97. The minimum Gasteiger partial charge on any atom is -0.437 e. The van der Waals surface area contributed by atoms with E-state index in [0.717, 1.165) is 16.9 Å². The van der Waals surface area contributed by atoms with Crippen LogP contribution in [-0.2, 0) is 0 Å². The molecule has 0 radical (unpaired) electrons. The summed E-state index contributed by atoms with van der Waals surface area (Å²) in [5.74, 6) is 1.61. The standard InChI is InChI=1S/C13H14BrN3O/c1-7-4-5-8(2)11(9(7)3)18-13-10(14)12(15)16-6-17-13/h4-6H,1-3H3,(H2,15,16,17). The van der Waals surface area contributed by atoms with Gasteiger partial charge < -0.3 is 10.5 Å². The molecule has 0 fully saturated rings. The van der Waals surface area contributed by atoms with Crippen molar-refractivity contribution < 1.29 is 4.74 Å². The molecule has 1 heterocycles. The van der Waals surface area contributed by atoms with Gasteiger partial charge in [-0.25, -0.2) is 9.97 Å². The van der Waals surface area contributed by atoms with Gasteiger partial charge in [0, 0.05) is 0 Å². The molecule has 5 heteroatoms. The number of rotatable bonds is 2. The highest BCUT2D eigenvalue weighted by Gasteiger charge is 2.12. The van der Waals surface area contributed by atoms with Crippen LogP contribution < -0.4 is 10.5 Å². The van der Waals surface area contributed by atoms with Gasteiger partial charge in [-0.15, -0.1) is 0 Å². The molecule has 1 aromatic heterocycles. The van der Waals surface area contributed by atoms with Gasteiger partial charge in [-0.2, -0.15) is 0 Å². The number of hydrogen-bond donors (Lipinski definition) is 1. The van der Waals surface area contributed by atoms with Crippen LogP contribution in [0.15, 0.2) is 22.9 Å². The number of ether oxygens (including phenoxy) is 1. The summed E-state index contributed by atoms with van der Waals surface area (Å²) in [5, 5.41) is 0. The second-order valence-corrected chi connectivity index (χ2v) is 4.93. The first-order valence-corrected chi connectivity index (χ1v) is 6.30. The first-order chi connectivity index (χ1) is 8.50. The van der Waals surface area contributed by atoms with E-state index in [1.54, 1.807) is 0 Å². The first-order valence-electron chi connectivity index (χ1n) is 5.51. The molecular formula is C13H14BrN3O. The minimum absolute atomic E-state index is 0.364. The highest BCUT2D eigenvalue weighted by molar-refractivity contribution is 9.10. The van der Waals surface area contributed by atoms with E-state index >= 15 is 0 Å². The SMILES string of the molecule is Cc1ccc(C)c(Oc2ncnc(N)c2Br)c1C. The lowest BCUT2D eigenvalue weighted by atomic mass is 10.1. The smallest absolute Gasteiger partial charge is 0.238 e. The number of nitrogens with two attached hydrogens (primary N) is 1. The number of halogens is 1. The fourth-order valence-corrected chi connectivity index (χ4v) is 1.90. The molecule has 0 spiro atoms. The largest absolute Gasteiger partial charge is 0.437 e. The first kappa shape index (κ1) is 12.8. The van der Waals surface area contributed by atoms with Gasteiger partial charge in [0.25, 0.3) is 0 Å². The number of hydrogen-bond acceptors (Lipinski definition) is 4. The third kappa shape index (κ3) is 2.31. The molecule has 0 aliphatic rings. The van der Waals surface area contributed by atoms with Crippen LogP contribution in [0.4, 0.5) is 5.82 Å². The van der Waals surface area contributed by atoms with Crippen LogP contribution in [0.5, 0.6) is 11.6 Å². The maximum absolute atomic E-state index is 5.85. The van der Waals surface area contributed by atoms with E-state index in [0.29, 0.717) is 16.2 Å². The number of benzene rings is 1. The molecule has 0 aliphatic carbocycles. The quantitative estimate of drug-likeness (QED) is 0.922. The summed E-state index contributed by atoms with van der Waals surface area (Å²) in [6.07, 6.45) is 1.38. The van der Waals surface area contributed by atoms with Gasteiger partial charge in [-0.3, -0.25) is 0 Å². The number of aryl methyl sites for hydroxylation is 2. The molecule has 18 heavy (non-hydrogen) atoms. The topological polar surface area (TPSA) is 61.0 Å². The Labute approximate surface area is 114 Å². The summed E-state index contributed by atoms with van der Waals surface area (Å²) in [6, 6.07) is 4.09. The molecule has 2 aromatic rings. The van der Waals surface area contributed by atoms with Crippen LogP contribution in [0.2, 0.25) is 0 Å². The Kier molecular flexibility index (Phi) is 3.52. The van der Waals surface area contributed by atoms with E-state index in [9.17, 15) is 0 Å². The Morgan fingerprint density at radius 2 is 1.78 bits per heavy atom. The van der Waals surface area contributed by atoms with Crippen molar-refractivity contribution in [3.05, 3.63) is 39.6 Å². The Hall–Kier alpha value is -1.62. The van der Waals surface area contributed by atoms with Crippen LogP contribution in [0.1, 0.15) is 16.7 Å². The fourth-order valence-electron chi connectivity index (χ4n) is 1.62. The minimum atomic E-state index is 0.364. The highest BCUT2D eigenvalue weighted by atomic mass is 79.9. The molecule has 0 saturated carbocycles. The molecular weight excluding hydrogens is 294 g/mol. The molecule has 0 aliphatic heterocycles. The zero-order valence-electron chi connectivity index (χ0n) is 10.5. The lowest BCUT2D eigenvalue weighted by molar-refractivity contribution is 0.451. The van der Waals surface area contributed by atoms with Gasteiger partial charge >= 0.3 is 0 Å². The maximum atomic E-state index is 5.85. The third-order valence-electron chi connectivity index (χ3n) is 2.86. The Morgan fingerprint density at radius 3 is 2.50 bits per heavy atom. The van der Waals surface area contributed by atoms with Crippen LogP contribution in [-0.4, -0.2) is 9.97 Å². The zero-order valence-corrected chi connectivity index (χ0v) is 12.1. The summed E-state index contributed by atoms with van der Waals surface area (Å²) in [6.45, 7) is 6.07. The van der Waals surface area contributed by atoms with Gasteiger partial charge in [0.2, 0.25) is 5.88 Å². The molecule has 0 bridgehead atoms. The van der Waals surface area contributed by atoms with E-state index in [2.05, 4.69) is 32.0 Å². The summed E-state index contributed by atoms with van der Waals surface area (Å²) >= 11 is 3.33. The summed E-state index contributed by atoms with van der Waals surface area (Å²) in [5.41, 5.74) is 9.03. The van der Waals surface area contributed by atoms with E-state index < -0.39 is 0 Å². The van der Waals surface area contributed by atoms with Crippen molar-refractivity contribution in [3.8, 4) is 11.6 Å². The second kappa shape index (κ2) is 4.94. The third-order valence-corrected chi connectivity index (χ3v) is 3.60. The number of anilines is 1. The number of aromatic nitrogens is 2. The van der Waals surface area contributed by atoms with Crippen molar-refractivity contribution in [2.45, 2.75) is 20.8 Å². The molecule has 0 unspecified atom stereocenters. The van der Waals surface area contributed by atoms with Crippen molar-refractivity contribution in [1.82, 2.24) is 9.97 Å². The van der Waals surface area contributed by atoms with Gasteiger partial charge in [0.05, 0.1) is 0 Å². The highest BCUT2D eigenvalue weighted by Crippen LogP contribution is 2.34. The summed E-state index contributed by atoms with van der Waals surface area (Å²) < 4.78 is 6.43. The zero-order chi connectivity index (χ0) is 13.3. The predicted molar refractivity (Wildman–Crippen MR) is 74.9 cm³/mol. The van der Waals surface area contributed by atoms with Crippen molar-refractivity contribution in [2.24, 2.45) is 0 Å². The van der Waals surface area contributed by atoms with Gasteiger partial charge in [-0.1, -0.05) is 12.1 Å². The van der Waals surface area contributed by atoms with Crippen LogP contribution in [0.3, 0.4) is 0 Å². The van der Waals surface area contributed by atoms with Crippen molar-refractivity contribution in [3.63, 3.8) is 0 Å². The number of nitrogen functional groups attached to an aromatic ring is 1. The Balaban J connectivity index is 2.46.